The van der Waals surface area contributed by atoms with Crippen LogP contribution in [0.4, 0.5) is 5.69 Å². The van der Waals surface area contributed by atoms with Crippen LogP contribution in [0.3, 0.4) is 0 Å². The van der Waals surface area contributed by atoms with Gasteiger partial charge in [-0.15, -0.1) is 0 Å². The molecule has 0 aliphatic carbocycles. The van der Waals surface area contributed by atoms with Crippen molar-refractivity contribution in [1.29, 1.82) is 0 Å². The first-order valence-electron chi connectivity index (χ1n) is 8.73. The highest BCUT2D eigenvalue weighted by Crippen LogP contribution is 2.23. The Labute approximate surface area is 155 Å². The molecule has 0 spiro atoms. The molecule has 4 rings (SSSR count). The number of anilines is 1. The van der Waals surface area contributed by atoms with Crippen molar-refractivity contribution in [1.82, 2.24) is 19.7 Å². The molecule has 3 aromatic rings. The maximum absolute atomic E-state index is 12.6. The van der Waals surface area contributed by atoms with E-state index in [-0.39, 0.29) is 11.6 Å². The van der Waals surface area contributed by atoms with Crippen LogP contribution in [0, 0.1) is 6.92 Å². The van der Waals surface area contributed by atoms with Gasteiger partial charge in [-0.1, -0.05) is 18.2 Å². The lowest BCUT2D eigenvalue weighted by atomic mass is 10.1. The topological polar surface area (TPSA) is 100 Å². The second-order valence-electron chi connectivity index (χ2n) is 6.49. The summed E-state index contributed by atoms with van der Waals surface area (Å²) in [6, 6.07) is 11.3. The summed E-state index contributed by atoms with van der Waals surface area (Å²) in [4.78, 5) is 29.9. The average molecular weight is 365 g/mol. The van der Waals surface area contributed by atoms with Crippen LogP contribution in [0.5, 0.6) is 0 Å². The summed E-state index contributed by atoms with van der Waals surface area (Å²) in [7, 11) is 0. The Balaban J connectivity index is 1.46. The molecule has 2 aromatic heterocycles. The molecule has 8 heteroatoms. The molecule has 2 N–H and O–H groups in total. The molecule has 138 valence electrons. The van der Waals surface area contributed by atoms with Gasteiger partial charge in [0.2, 0.25) is 0 Å². The van der Waals surface area contributed by atoms with Gasteiger partial charge in [-0.25, -0.2) is 4.79 Å². The Morgan fingerprint density at radius 2 is 2.07 bits per heavy atom. The Bertz CT molecular complexity index is 1040. The maximum Gasteiger partial charge on any atom is 0.356 e. The van der Waals surface area contributed by atoms with E-state index in [0.717, 1.165) is 22.3 Å². The standard InChI is InChI=1S/C19H19N5O3/c1-12-10-15(13-4-2-3-5-14(13)21-12)20-6-7-23-8-9-24-17(18(23)25)11-16(22-24)19(26)27/h2-5,10-11H,6-9H2,1H3,(H,20,21)(H,26,27). The van der Waals surface area contributed by atoms with Crippen molar-refractivity contribution in [2.45, 2.75) is 13.5 Å². The first kappa shape index (κ1) is 17.0. The van der Waals surface area contributed by atoms with Gasteiger partial charge in [0.25, 0.3) is 5.91 Å². The molecule has 0 bridgehead atoms. The molecule has 0 saturated heterocycles. The molecule has 1 aliphatic rings. The van der Waals surface area contributed by atoms with Gasteiger partial charge >= 0.3 is 5.97 Å². The molecule has 3 heterocycles. The van der Waals surface area contributed by atoms with E-state index < -0.39 is 5.97 Å². The Morgan fingerprint density at radius 1 is 1.26 bits per heavy atom. The van der Waals surface area contributed by atoms with Gasteiger partial charge in [-0.2, -0.15) is 5.10 Å². The summed E-state index contributed by atoms with van der Waals surface area (Å²) in [5.41, 5.74) is 3.07. The van der Waals surface area contributed by atoms with Crippen LogP contribution in [-0.4, -0.2) is 56.3 Å². The number of amides is 1. The monoisotopic (exact) mass is 365 g/mol. The summed E-state index contributed by atoms with van der Waals surface area (Å²) in [6.45, 7) is 4.05. The number of carboxylic acids is 1. The van der Waals surface area contributed by atoms with Crippen LogP contribution >= 0.6 is 0 Å². The van der Waals surface area contributed by atoms with E-state index in [9.17, 15) is 9.59 Å². The van der Waals surface area contributed by atoms with Crippen LogP contribution in [0.15, 0.2) is 36.4 Å². The highest BCUT2D eigenvalue weighted by molar-refractivity contribution is 5.96. The Morgan fingerprint density at radius 3 is 2.89 bits per heavy atom. The van der Waals surface area contributed by atoms with E-state index in [1.807, 2.05) is 37.3 Å². The number of rotatable bonds is 5. The van der Waals surface area contributed by atoms with Gasteiger partial charge in [0.05, 0.1) is 12.1 Å². The first-order valence-corrected chi connectivity index (χ1v) is 8.73. The zero-order valence-electron chi connectivity index (χ0n) is 14.8. The molecule has 27 heavy (non-hydrogen) atoms. The minimum absolute atomic E-state index is 0.0999. The van der Waals surface area contributed by atoms with E-state index in [2.05, 4.69) is 15.4 Å². The van der Waals surface area contributed by atoms with Crippen LogP contribution in [-0.2, 0) is 6.54 Å². The fraction of sp³-hybridized carbons (Fsp3) is 0.263. The zero-order valence-corrected chi connectivity index (χ0v) is 14.8. The van der Waals surface area contributed by atoms with Crippen molar-refractivity contribution in [3.63, 3.8) is 0 Å². The van der Waals surface area contributed by atoms with Crippen molar-refractivity contribution in [2.75, 3.05) is 25.0 Å². The van der Waals surface area contributed by atoms with E-state index in [1.54, 1.807) is 4.90 Å². The summed E-state index contributed by atoms with van der Waals surface area (Å²) >= 11 is 0. The van der Waals surface area contributed by atoms with Crippen molar-refractivity contribution in [2.24, 2.45) is 0 Å². The lowest BCUT2D eigenvalue weighted by molar-refractivity contribution is 0.0680. The minimum Gasteiger partial charge on any atom is -0.476 e. The Hall–Kier alpha value is -3.42. The highest BCUT2D eigenvalue weighted by Gasteiger charge is 2.27. The number of nitrogens with zero attached hydrogens (tertiary/aromatic N) is 4. The lowest BCUT2D eigenvalue weighted by Gasteiger charge is -2.27. The van der Waals surface area contributed by atoms with Crippen molar-refractivity contribution in [3.8, 4) is 0 Å². The predicted octanol–water partition coefficient (Wildman–Crippen LogP) is 2.01. The third-order valence-electron chi connectivity index (χ3n) is 4.63. The number of para-hydroxylation sites is 1. The molecule has 0 radical (unpaired) electrons. The van der Waals surface area contributed by atoms with Crippen molar-refractivity contribution < 1.29 is 14.7 Å². The van der Waals surface area contributed by atoms with E-state index in [1.165, 1.54) is 10.7 Å². The molecular formula is C19H19N5O3. The zero-order chi connectivity index (χ0) is 19.0. The third-order valence-corrected chi connectivity index (χ3v) is 4.63. The molecule has 1 aromatic carbocycles. The van der Waals surface area contributed by atoms with Crippen LogP contribution in [0.2, 0.25) is 0 Å². The molecule has 8 nitrogen and oxygen atoms in total. The largest absolute Gasteiger partial charge is 0.476 e. The smallest absolute Gasteiger partial charge is 0.356 e. The van der Waals surface area contributed by atoms with Gasteiger partial charge < -0.3 is 15.3 Å². The third kappa shape index (κ3) is 3.21. The number of benzene rings is 1. The number of hydrogen-bond donors (Lipinski definition) is 2. The maximum atomic E-state index is 12.6. The average Bonchev–Trinajstić information content (AvgIpc) is 3.09. The van der Waals surface area contributed by atoms with Crippen LogP contribution in [0.25, 0.3) is 10.9 Å². The molecule has 0 atom stereocenters. The molecule has 0 saturated carbocycles. The number of aryl methyl sites for hydroxylation is 1. The molecule has 0 fully saturated rings. The van der Waals surface area contributed by atoms with E-state index in [0.29, 0.717) is 31.9 Å². The normalized spacial score (nSPS) is 13.7. The number of carbonyl (C=O) groups excluding carboxylic acids is 1. The lowest BCUT2D eigenvalue weighted by Crippen LogP contribution is -2.42. The van der Waals surface area contributed by atoms with Gasteiger partial charge in [0.15, 0.2) is 5.69 Å². The number of hydrogen-bond acceptors (Lipinski definition) is 5. The second-order valence-corrected chi connectivity index (χ2v) is 6.49. The Kier molecular flexibility index (Phi) is 4.23. The number of aromatic carboxylic acids is 1. The van der Waals surface area contributed by atoms with Crippen LogP contribution in [0.1, 0.15) is 26.7 Å². The van der Waals surface area contributed by atoms with Crippen molar-refractivity contribution in [3.05, 3.63) is 53.5 Å². The summed E-state index contributed by atoms with van der Waals surface area (Å²) in [5, 5.41) is 17.4. The van der Waals surface area contributed by atoms with Crippen molar-refractivity contribution >= 4 is 28.5 Å². The number of nitrogens with one attached hydrogen (secondary N) is 1. The van der Waals surface area contributed by atoms with Gasteiger partial charge in [-0.3, -0.25) is 14.5 Å². The number of aromatic nitrogens is 3. The van der Waals surface area contributed by atoms with E-state index >= 15 is 0 Å². The molecular weight excluding hydrogens is 346 g/mol. The van der Waals surface area contributed by atoms with Crippen LogP contribution < -0.4 is 5.32 Å². The number of fused-ring (bicyclic) bond motifs is 2. The van der Waals surface area contributed by atoms with Gasteiger partial charge in [-0.05, 0) is 19.1 Å². The SMILES string of the molecule is Cc1cc(NCCN2CCn3nc(C(=O)O)cc3C2=O)c2ccccc2n1. The summed E-state index contributed by atoms with van der Waals surface area (Å²) in [6.07, 6.45) is 0. The number of carboxylic acid groups (broad SMARTS) is 1. The molecule has 0 unspecified atom stereocenters. The first-order chi connectivity index (χ1) is 13.0. The second kappa shape index (κ2) is 6.71. The van der Waals surface area contributed by atoms with Gasteiger partial charge in [0.1, 0.15) is 5.69 Å². The van der Waals surface area contributed by atoms with E-state index in [4.69, 9.17) is 5.11 Å². The minimum atomic E-state index is -1.13. The number of pyridine rings is 1. The highest BCUT2D eigenvalue weighted by atomic mass is 16.4. The molecule has 1 amide bonds. The fourth-order valence-corrected chi connectivity index (χ4v) is 3.34. The fourth-order valence-electron chi connectivity index (χ4n) is 3.34. The predicted molar refractivity (Wildman–Crippen MR) is 100 cm³/mol. The molecule has 1 aliphatic heterocycles. The summed E-state index contributed by atoms with van der Waals surface area (Å²) < 4.78 is 1.47. The summed E-state index contributed by atoms with van der Waals surface area (Å²) in [5.74, 6) is -1.32. The van der Waals surface area contributed by atoms with Gasteiger partial charge in [0, 0.05) is 42.5 Å². The number of carbonyl (C=O) groups is 2. The quantitative estimate of drug-likeness (QED) is 0.717.